The van der Waals surface area contributed by atoms with Crippen molar-refractivity contribution in [3.63, 3.8) is 0 Å². The standard InChI is InChI=1S/C40H65NO4/c1-7-8-9-10-11-25(2)33-18-19-34-32-17-14-29-24-31(20-22-39(29,5)35(32)21-23-40(33,34)6)45-38(44)28-12-15-30(16-13-28)41-36(42)26(3)27(4)37(41)43/h25,28-35,42-43H,7-24H2,1-6H3/t25?,28?,29?,30?,31-,32?,33?,34?,35?,39?,40?/m1/s1. The fourth-order valence-corrected chi connectivity index (χ4v) is 12.4. The van der Waals surface area contributed by atoms with Crippen molar-refractivity contribution in [2.24, 2.45) is 52.3 Å². The monoisotopic (exact) mass is 623 g/mol. The van der Waals surface area contributed by atoms with Gasteiger partial charge in [0.25, 0.3) is 0 Å². The van der Waals surface area contributed by atoms with Crippen molar-refractivity contribution in [1.82, 2.24) is 4.57 Å². The van der Waals surface area contributed by atoms with E-state index in [0.29, 0.717) is 16.7 Å². The predicted octanol–water partition coefficient (Wildman–Crippen LogP) is 10.4. The Morgan fingerprint density at radius 2 is 1.51 bits per heavy atom. The molecule has 0 spiro atoms. The quantitative estimate of drug-likeness (QED) is 0.212. The maximum Gasteiger partial charge on any atom is 0.309 e. The molecule has 2 N–H and O–H groups in total. The van der Waals surface area contributed by atoms with Gasteiger partial charge in [-0.25, -0.2) is 0 Å². The molecule has 6 rings (SSSR count). The molecule has 5 nitrogen and oxygen atoms in total. The summed E-state index contributed by atoms with van der Waals surface area (Å²) in [4.78, 5) is 13.4. The Labute approximate surface area is 274 Å². The van der Waals surface area contributed by atoms with Crippen LogP contribution in [-0.4, -0.2) is 26.9 Å². The molecular weight excluding hydrogens is 558 g/mol. The van der Waals surface area contributed by atoms with E-state index in [-0.39, 0.29) is 35.8 Å². The number of nitrogens with zero attached hydrogens (tertiary/aromatic N) is 1. The van der Waals surface area contributed by atoms with Gasteiger partial charge in [-0.3, -0.25) is 9.36 Å². The summed E-state index contributed by atoms with van der Waals surface area (Å²) in [7, 11) is 0. The van der Waals surface area contributed by atoms with Crippen molar-refractivity contribution < 1.29 is 19.7 Å². The number of carbonyl (C=O) groups is 1. The third-order valence-corrected chi connectivity index (χ3v) is 15.3. The smallest absolute Gasteiger partial charge is 0.309 e. The lowest BCUT2D eigenvalue weighted by atomic mass is 9.44. The van der Waals surface area contributed by atoms with Gasteiger partial charge >= 0.3 is 5.97 Å². The molecule has 0 aliphatic heterocycles. The molecule has 0 amide bonds. The first-order valence-corrected chi connectivity index (χ1v) is 19.3. The molecule has 5 heteroatoms. The molecular formula is C40H65NO4. The van der Waals surface area contributed by atoms with Crippen LogP contribution >= 0.6 is 0 Å². The Hall–Kier alpha value is -1.65. The van der Waals surface area contributed by atoms with Gasteiger partial charge in [0.15, 0.2) is 11.8 Å². The number of hydrogen-bond donors (Lipinski definition) is 2. The van der Waals surface area contributed by atoms with Crippen molar-refractivity contribution in [2.75, 3.05) is 0 Å². The second-order valence-electron chi connectivity index (χ2n) is 17.3. The summed E-state index contributed by atoms with van der Waals surface area (Å²) in [6, 6.07) is 0.0357. The Morgan fingerprint density at radius 3 is 2.20 bits per heavy atom. The number of rotatable bonds is 9. The Morgan fingerprint density at radius 1 is 0.844 bits per heavy atom. The topological polar surface area (TPSA) is 71.7 Å². The average Bonchev–Trinajstić information content (AvgIpc) is 3.48. The van der Waals surface area contributed by atoms with E-state index < -0.39 is 0 Å². The van der Waals surface area contributed by atoms with Gasteiger partial charge < -0.3 is 14.9 Å². The van der Waals surface area contributed by atoms with Crippen molar-refractivity contribution in [3.05, 3.63) is 11.1 Å². The number of esters is 1. The highest BCUT2D eigenvalue weighted by Crippen LogP contribution is 2.68. The van der Waals surface area contributed by atoms with Crippen molar-refractivity contribution >= 4 is 5.97 Å². The molecule has 8 unspecified atom stereocenters. The number of carbonyl (C=O) groups excluding carboxylic acids is 1. The van der Waals surface area contributed by atoms with Crippen LogP contribution in [0.1, 0.15) is 160 Å². The van der Waals surface area contributed by atoms with E-state index in [1.807, 2.05) is 13.8 Å². The molecule has 254 valence electrons. The lowest BCUT2D eigenvalue weighted by Crippen LogP contribution is -2.54. The first kappa shape index (κ1) is 33.3. The maximum absolute atomic E-state index is 13.4. The van der Waals surface area contributed by atoms with Crippen LogP contribution in [-0.2, 0) is 9.53 Å². The molecule has 45 heavy (non-hydrogen) atoms. The summed E-state index contributed by atoms with van der Waals surface area (Å²) in [6.07, 6.45) is 22.0. The molecule has 0 bridgehead atoms. The molecule has 5 aliphatic rings. The molecule has 0 aromatic carbocycles. The summed E-state index contributed by atoms with van der Waals surface area (Å²) in [5.41, 5.74) is 2.44. The molecule has 5 fully saturated rings. The number of hydrogen-bond acceptors (Lipinski definition) is 4. The van der Waals surface area contributed by atoms with E-state index in [2.05, 4.69) is 27.7 Å². The van der Waals surface area contributed by atoms with Crippen molar-refractivity contribution in [2.45, 2.75) is 169 Å². The van der Waals surface area contributed by atoms with Crippen LogP contribution in [0, 0.1) is 66.1 Å². The van der Waals surface area contributed by atoms with E-state index >= 15 is 0 Å². The molecule has 1 heterocycles. The largest absolute Gasteiger partial charge is 0.494 e. The fourth-order valence-electron chi connectivity index (χ4n) is 12.4. The molecule has 0 radical (unpaired) electrons. The third kappa shape index (κ3) is 5.87. The van der Waals surface area contributed by atoms with Gasteiger partial charge in [0.05, 0.1) is 5.92 Å². The van der Waals surface area contributed by atoms with Gasteiger partial charge in [-0.15, -0.1) is 0 Å². The summed E-state index contributed by atoms with van der Waals surface area (Å²) in [5, 5.41) is 21.2. The molecule has 1 aromatic heterocycles. The van der Waals surface area contributed by atoms with Crippen LogP contribution < -0.4 is 0 Å². The van der Waals surface area contributed by atoms with Crippen molar-refractivity contribution in [1.29, 1.82) is 0 Å². The normalized spacial score (nSPS) is 40.3. The third-order valence-electron chi connectivity index (χ3n) is 15.3. The van der Waals surface area contributed by atoms with Crippen molar-refractivity contribution in [3.8, 4) is 11.8 Å². The van der Waals surface area contributed by atoms with Crippen LogP contribution in [0.25, 0.3) is 0 Å². The first-order chi connectivity index (χ1) is 21.5. The molecule has 9 atom stereocenters. The zero-order valence-corrected chi connectivity index (χ0v) is 29.6. The SMILES string of the molecule is CCCCCCC(C)C1CCC2C3CCC4C[C@H](OC(=O)C5CCC(n6c(O)c(C)c(C)c6O)CC5)CCC4(C)C3CCC12C. The van der Waals surface area contributed by atoms with Gasteiger partial charge in [-0.2, -0.15) is 0 Å². The fraction of sp³-hybridized carbons (Fsp3) is 0.875. The zero-order valence-electron chi connectivity index (χ0n) is 29.6. The van der Waals surface area contributed by atoms with Crippen LogP contribution in [0.4, 0.5) is 0 Å². The summed E-state index contributed by atoms with van der Waals surface area (Å²) in [6.45, 7) is 13.9. The number of aromatic hydroxyl groups is 2. The average molecular weight is 624 g/mol. The van der Waals surface area contributed by atoms with Crippen LogP contribution in [0.5, 0.6) is 11.8 Å². The van der Waals surface area contributed by atoms with Crippen LogP contribution in [0.2, 0.25) is 0 Å². The van der Waals surface area contributed by atoms with Gasteiger partial charge in [0, 0.05) is 17.2 Å². The lowest BCUT2D eigenvalue weighted by Gasteiger charge is -2.61. The van der Waals surface area contributed by atoms with Gasteiger partial charge in [-0.1, -0.05) is 59.8 Å². The molecule has 5 aliphatic carbocycles. The highest BCUT2D eigenvalue weighted by atomic mass is 16.5. The summed E-state index contributed by atoms with van der Waals surface area (Å²) < 4.78 is 7.98. The van der Waals surface area contributed by atoms with E-state index in [0.717, 1.165) is 79.2 Å². The summed E-state index contributed by atoms with van der Waals surface area (Å²) >= 11 is 0. The Bertz CT molecular complexity index is 1170. The van der Waals surface area contributed by atoms with Crippen LogP contribution in [0.3, 0.4) is 0 Å². The van der Waals surface area contributed by atoms with Gasteiger partial charge in [0.1, 0.15) is 6.10 Å². The highest BCUT2D eigenvalue weighted by Gasteiger charge is 2.60. The lowest BCUT2D eigenvalue weighted by molar-refractivity contribution is -0.168. The van der Waals surface area contributed by atoms with E-state index in [4.69, 9.17) is 4.74 Å². The molecule has 5 saturated carbocycles. The Kier molecular flexibility index (Phi) is 9.68. The zero-order chi connectivity index (χ0) is 32.1. The van der Waals surface area contributed by atoms with E-state index in [1.165, 1.54) is 77.0 Å². The number of ether oxygens (including phenoxy) is 1. The highest BCUT2D eigenvalue weighted by molar-refractivity contribution is 5.72. The first-order valence-electron chi connectivity index (χ1n) is 19.3. The van der Waals surface area contributed by atoms with Crippen LogP contribution in [0.15, 0.2) is 0 Å². The second kappa shape index (κ2) is 13.1. The second-order valence-corrected chi connectivity index (χ2v) is 17.3. The number of aromatic nitrogens is 1. The van der Waals surface area contributed by atoms with E-state index in [9.17, 15) is 15.0 Å². The van der Waals surface area contributed by atoms with Gasteiger partial charge in [-0.05, 0) is 144 Å². The molecule has 1 aromatic rings. The number of fused-ring (bicyclic) bond motifs is 5. The minimum Gasteiger partial charge on any atom is -0.494 e. The summed E-state index contributed by atoms with van der Waals surface area (Å²) in [5.74, 6) is 5.44. The maximum atomic E-state index is 13.4. The van der Waals surface area contributed by atoms with Gasteiger partial charge in [0.2, 0.25) is 0 Å². The number of unbranched alkanes of at least 4 members (excludes halogenated alkanes) is 3. The predicted molar refractivity (Wildman–Crippen MR) is 181 cm³/mol. The minimum absolute atomic E-state index is 0.00158. The van der Waals surface area contributed by atoms with E-state index in [1.54, 1.807) is 4.57 Å². The molecule has 0 saturated heterocycles. The minimum atomic E-state index is -0.0623. The Balaban J connectivity index is 1.02.